The van der Waals surface area contributed by atoms with Gasteiger partial charge in [-0.05, 0) is 20.8 Å². The summed E-state index contributed by atoms with van der Waals surface area (Å²) in [6, 6.07) is 0. The van der Waals surface area contributed by atoms with Crippen molar-refractivity contribution in [3.63, 3.8) is 0 Å². The van der Waals surface area contributed by atoms with Gasteiger partial charge in [0.1, 0.15) is 17.8 Å². The second kappa shape index (κ2) is 4.39. The number of rotatable bonds is 2. The predicted octanol–water partition coefficient (Wildman–Crippen LogP) is 1.91. The van der Waals surface area contributed by atoms with Gasteiger partial charge in [-0.1, -0.05) is 0 Å². The summed E-state index contributed by atoms with van der Waals surface area (Å²) in [5.74, 6) is -1.72. The highest BCUT2D eigenvalue weighted by molar-refractivity contribution is 5.85. The van der Waals surface area contributed by atoms with Crippen LogP contribution >= 0.6 is 0 Å². The molecule has 0 aliphatic carbocycles. The van der Waals surface area contributed by atoms with Crippen molar-refractivity contribution in [2.45, 2.75) is 52.4 Å². The highest BCUT2D eigenvalue weighted by Crippen LogP contribution is 2.24. The van der Waals surface area contributed by atoms with E-state index in [-0.39, 0.29) is 12.2 Å². The lowest BCUT2D eigenvalue weighted by Gasteiger charge is -2.30. The van der Waals surface area contributed by atoms with E-state index in [1.54, 1.807) is 34.6 Å². The van der Waals surface area contributed by atoms with Crippen LogP contribution in [-0.2, 0) is 23.8 Å². The van der Waals surface area contributed by atoms with Crippen molar-refractivity contribution in [1.29, 1.82) is 0 Å². The molecule has 0 bridgehead atoms. The van der Waals surface area contributed by atoms with E-state index in [0.717, 1.165) is 6.08 Å². The largest absolute Gasteiger partial charge is 0.460 e. The van der Waals surface area contributed by atoms with Gasteiger partial charge in [0.15, 0.2) is 0 Å². The minimum absolute atomic E-state index is 0.0736. The quantitative estimate of drug-likeness (QED) is 0.692. The molecule has 0 radical (unpaired) electrons. The molecule has 1 aliphatic heterocycles. The van der Waals surface area contributed by atoms with E-state index in [1.165, 1.54) is 0 Å². The molecule has 0 amide bonds. The third kappa shape index (κ3) is 4.89. The molecule has 0 unspecified atom stereocenters. The average Bonchev–Trinajstić information content (AvgIpc) is 1.93. The van der Waals surface area contributed by atoms with Crippen LogP contribution in [0.5, 0.6) is 0 Å². The van der Waals surface area contributed by atoms with Crippen LogP contribution in [0.4, 0.5) is 0 Å². The molecule has 96 valence electrons. The van der Waals surface area contributed by atoms with Crippen LogP contribution in [0.25, 0.3) is 0 Å². The van der Waals surface area contributed by atoms with Crippen LogP contribution in [-0.4, -0.2) is 23.3 Å². The van der Waals surface area contributed by atoms with Crippen LogP contribution in [0.3, 0.4) is 0 Å². The summed E-state index contributed by atoms with van der Waals surface area (Å²) < 4.78 is 15.4. The SMILES string of the molecule is CC(C)(C)OC(=O)CC1=CC(=O)OC(C)(C)O1. The van der Waals surface area contributed by atoms with Crippen LogP contribution < -0.4 is 0 Å². The molecule has 0 saturated carbocycles. The van der Waals surface area contributed by atoms with Gasteiger partial charge < -0.3 is 14.2 Å². The smallest absolute Gasteiger partial charge is 0.337 e. The Bertz CT molecular complexity index is 360. The summed E-state index contributed by atoms with van der Waals surface area (Å²) in [7, 11) is 0. The van der Waals surface area contributed by atoms with Gasteiger partial charge in [-0.3, -0.25) is 4.79 Å². The van der Waals surface area contributed by atoms with Crippen molar-refractivity contribution >= 4 is 11.9 Å². The molecule has 0 fully saturated rings. The van der Waals surface area contributed by atoms with E-state index in [0.29, 0.717) is 0 Å². The number of carbonyl (C=O) groups excluding carboxylic acids is 2. The molecule has 5 heteroatoms. The van der Waals surface area contributed by atoms with Gasteiger partial charge in [0.25, 0.3) is 0 Å². The second-order valence-corrected chi connectivity index (χ2v) is 5.30. The Morgan fingerprint density at radius 3 is 2.41 bits per heavy atom. The Kier molecular flexibility index (Phi) is 3.50. The van der Waals surface area contributed by atoms with Crippen molar-refractivity contribution in [2.24, 2.45) is 0 Å². The number of carbonyl (C=O) groups is 2. The number of hydrogen-bond donors (Lipinski definition) is 0. The number of ether oxygens (including phenoxy) is 3. The Hall–Kier alpha value is -1.52. The topological polar surface area (TPSA) is 61.8 Å². The minimum Gasteiger partial charge on any atom is -0.460 e. The van der Waals surface area contributed by atoms with Crippen LogP contribution in [0.1, 0.15) is 41.0 Å². The lowest BCUT2D eigenvalue weighted by molar-refractivity contribution is -0.206. The monoisotopic (exact) mass is 242 g/mol. The van der Waals surface area contributed by atoms with Crippen LogP contribution in [0.15, 0.2) is 11.8 Å². The highest BCUT2D eigenvalue weighted by Gasteiger charge is 2.31. The summed E-state index contributed by atoms with van der Waals surface area (Å²) in [4.78, 5) is 22.8. The summed E-state index contributed by atoms with van der Waals surface area (Å²) in [5.41, 5.74) is -0.553. The maximum Gasteiger partial charge on any atom is 0.337 e. The first-order valence-corrected chi connectivity index (χ1v) is 5.42. The van der Waals surface area contributed by atoms with Gasteiger partial charge >= 0.3 is 11.9 Å². The second-order valence-electron chi connectivity index (χ2n) is 5.30. The van der Waals surface area contributed by atoms with Gasteiger partial charge in [0.2, 0.25) is 5.79 Å². The number of hydrogen-bond acceptors (Lipinski definition) is 5. The van der Waals surface area contributed by atoms with Crippen LogP contribution in [0, 0.1) is 0 Å². The van der Waals surface area contributed by atoms with Crippen molar-refractivity contribution in [3.8, 4) is 0 Å². The normalized spacial score (nSPS) is 18.9. The minimum atomic E-state index is -1.04. The van der Waals surface area contributed by atoms with Crippen molar-refractivity contribution < 1.29 is 23.8 Å². The molecular weight excluding hydrogens is 224 g/mol. The van der Waals surface area contributed by atoms with Gasteiger partial charge in [-0.15, -0.1) is 0 Å². The fourth-order valence-electron chi connectivity index (χ4n) is 1.38. The van der Waals surface area contributed by atoms with E-state index in [1.807, 2.05) is 0 Å². The van der Waals surface area contributed by atoms with Gasteiger partial charge in [-0.2, -0.15) is 0 Å². The molecule has 0 saturated heterocycles. The number of esters is 2. The molecule has 0 aromatic heterocycles. The maximum absolute atomic E-state index is 11.5. The van der Waals surface area contributed by atoms with E-state index >= 15 is 0 Å². The third-order valence-electron chi connectivity index (χ3n) is 1.74. The molecule has 0 atom stereocenters. The van der Waals surface area contributed by atoms with Crippen molar-refractivity contribution in [2.75, 3.05) is 0 Å². The third-order valence-corrected chi connectivity index (χ3v) is 1.74. The van der Waals surface area contributed by atoms with E-state index in [4.69, 9.17) is 14.2 Å². The molecule has 0 aromatic rings. The highest BCUT2D eigenvalue weighted by atomic mass is 16.7. The summed E-state index contributed by atoms with van der Waals surface area (Å²) in [6.07, 6.45) is 1.09. The summed E-state index contributed by atoms with van der Waals surface area (Å²) in [6.45, 7) is 8.54. The Morgan fingerprint density at radius 2 is 1.94 bits per heavy atom. The maximum atomic E-state index is 11.5. The zero-order valence-electron chi connectivity index (χ0n) is 10.8. The summed E-state index contributed by atoms with van der Waals surface area (Å²) >= 11 is 0. The van der Waals surface area contributed by atoms with Gasteiger partial charge in [-0.25, -0.2) is 4.79 Å². The lowest BCUT2D eigenvalue weighted by atomic mass is 10.2. The molecule has 0 N–H and O–H groups in total. The standard InChI is InChI=1S/C12H18O5/c1-11(2,3)16-9(13)6-8-7-10(14)17-12(4,5)15-8/h7H,6H2,1-5H3. The molecule has 1 heterocycles. The molecular formula is C12H18O5. The fourth-order valence-corrected chi connectivity index (χ4v) is 1.38. The first-order chi connectivity index (χ1) is 7.57. The molecule has 1 rings (SSSR count). The Morgan fingerprint density at radius 1 is 1.35 bits per heavy atom. The molecule has 0 spiro atoms. The molecule has 5 nitrogen and oxygen atoms in total. The number of cyclic esters (lactones) is 1. The van der Waals surface area contributed by atoms with E-state index < -0.39 is 23.3 Å². The zero-order valence-corrected chi connectivity index (χ0v) is 10.8. The average molecular weight is 242 g/mol. The summed E-state index contributed by atoms with van der Waals surface area (Å²) in [5, 5.41) is 0. The van der Waals surface area contributed by atoms with Gasteiger partial charge in [0.05, 0.1) is 6.08 Å². The molecule has 17 heavy (non-hydrogen) atoms. The zero-order chi connectivity index (χ0) is 13.3. The molecule has 1 aliphatic rings. The fraction of sp³-hybridized carbons (Fsp3) is 0.667. The first kappa shape index (κ1) is 13.5. The van der Waals surface area contributed by atoms with Gasteiger partial charge in [0, 0.05) is 13.8 Å². The van der Waals surface area contributed by atoms with E-state index in [9.17, 15) is 9.59 Å². The van der Waals surface area contributed by atoms with Crippen molar-refractivity contribution in [1.82, 2.24) is 0 Å². The van der Waals surface area contributed by atoms with E-state index in [2.05, 4.69) is 0 Å². The lowest BCUT2D eigenvalue weighted by Crippen LogP contribution is -2.35. The van der Waals surface area contributed by atoms with Crippen molar-refractivity contribution in [3.05, 3.63) is 11.8 Å². The Labute approximate surface area is 101 Å². The first-order valence-electron chi connectivity index (χ1n) is 5.42. The predicted molar refractivity (Wildman–Crippen MR) is 59.8 cm³/mol. The Balaban J connectivity index is 2.63. The van der Waals surface area contributed by atoms with Crippen LogP contribution in [0.2, 0.25) is 0 Å². The molecule has 0 aromatic carbocycles.